The first-order valence-electron chi connectivity index (χ1n) is 13.1. The second kappa shape index (κ2) is 11.2. The predicted molar refractivity (Wildman–Crippen MR) is 140 cm³/mol. The van der Waals surface area contributed by atoms with E-state index in [2.05, 4.69) is 4.90 Å². The van der Waals surface area contributed by atoms with Gasteiger partial charge in [0.1, 0.15) is 29.1 Å². The van der Waals surface area contributed by atoms with Crippen LogP contribution in [-0.2, 0) is 11.3 Å². The summed E-state index contributed by atoms with van der Waals surface area (Å²) in [6, 6.07) is 17.8. The fourth-order valence-corrected chi connectivity index (χ4v) is 5.68. The summed E-state index contributed by atoms with van der Waals surface area (Å²) in [5.74, 6) is 0.173. The van der Waals surface area contributed by atoms with Crippen molar-refractivity contribution in [1.29, 1.82) is 0 Å². The molecule has 2 aliphatic heterocycles. The standard InChI is InChI=1S/C30H32F2N2O4/c1-21-30(37-20-24-19-27(34(35)36)12-13-29(24)38-21)14-17-33(18-15-30)16-2-3-28(22-4-8-25(31)9-5-22)23-6-10-26(32)11-7-23/h4-13,19,21,28H,2-3,14-18,20H2,1H3. The number of rotatable bonds is 7. The van der Waals surface area contributed by atoms with Gasteiger partial charge in [0.15, 0.2) is 0 Å². The maximum atomic E-state index is 13.5. The van der Waals surface area contributed by atoms with E-state index in [9.17, 15) is 18.9 Å². The van der Waals surface area contributed by atoms with Crippen molar-refractivity contribution in [3.8, 4) is 5.75 Å². The molecule has 3 aromatic carbocycles. The Hall–Kier alpha value is -3.36. The highest BCUT2D eigenvalue weighted by Gasteiger charge is 2.44. The smallest absolute Gasteiger partial charge is 0.270 e. The highest BCUT2D eigenvalue weighted by molar-refractivity contribution is 5.44. The first kappa shape index (κ1) is 26.3. The molecule has 1 atom stereocenters. The van der Waals surface area contributed by atoms with Crippen LogP contribution in [0.2, 0.25) is 0 Å². The van der Waals surface area contributed by atoms with Crippen molar-refractivity contribution < 1.29 is 23.2 Å². The van der Waals surface area contributed by atoms with E-state index in [1.807, 2.05) is 31.2 Å². The van der Waals surface area contributed by atoms with E-state index < -0.39 is 10.5 Å². The molecule has 0 aliphatic carbocycles. The van der Waals surface area contributed by atoms with Gasteiger partial charge in [0.2, 0.25) is 0 Å². The third kappa shape index (κ3) is 5.71. The molecule has 200 valence electrons. The van der Waals surface area contributed by atoms with Gasteiger partial charge in [-0.25, -0.2) is 8.78 Å². The third-order valence-electron chi connectivity index (χ3n) is 8.03. The number of benzene rings is 3. The molecule has 0 amide bonds. The zero-order valence-electron chi connectivity index (χ0n) is 21.4. The number of nitro groups is 1. The van der Waals surface area contributed by atoms with Crippen LogP contribution in [0.3, 0.4) is 0 Å². The van der Waals surface area contributed by atoms with E-state index in [-0.39, 0.29) is 29.3 Å². The molecule has 5 rings (SSSR count). The number of fused-ring (bicyclic) bond motifs is 1. The van der Waals surface area contributed by atoms with Gasteiger partial charge in [-0.1, -0.05) is 24.3 Å². The molecular weight excluding hydrogens is 490 g/mol. The molecule has 1 fully saturated rings. The van der Waals surface area contributed by atoms with Gasteiger partial charge in [-0.3, -0.25) is 10.1 Å². The average molecular weight is 523 g/mol. The Morgan fingerprint density at radius 3 is 2.18 bits per heavy atom. The monoisotopic (exact) mass is 522 g/mol. The van der Waals surface area contributed by atoms with Gasteiger partial charge < -0.3 is 14.4 Å². The first-order chi connectivity index (χ1) is 18.3. The fourth-order valence-electron chi connectivity index (χ4n) is 5.68. The van der Waals surface area contributed by atoms with E-state index in [4.69, 9.17) is 9.47 Å². The van der Waals surface area contributed by atoms with Crippen molar-refractivity contribution in [3.63, 3.8) is 0 Å². The summed E-state index contributed by atoms with van der Waals surface area (Å²) in [6.07, 6.45) is 3.25. The van der Waals surface area contributed by atoms with E-state index >= 15 is 0 Å². The summed E-state index contributed by atoms with van der Waals surface area (Å²) >= 11 is 0. The van der Waals surface area contributed by atoms with Crippen molar-refractivity contribution in [1.82, 2.24) is 4.90 Å². The second-order valence-electron chi connectivity index (χ2n) is 10.3. The zero-order chi connectivity index (χ0) is 26.7. The summed E-state index contributed by atoms with van der Waals surface area (Å²) in [5, 5.41) is 11.2. The number of non-ortho nitro benzene ring substituents is 1. The minimum atomic E-state index is -0.435. The van der Waals surface area contributed by atoms with Crippen LogP contribution in [0.1, 0.15) is 55.2 Å². The van der Waals surface area contributed by atoms with Gasteiger partial charge in [0.05, 0.1) is 11.5 Å². The molecule has 8 heteroatoms. The maximum absolute atomic E-state index is 13.5. The lowest BCUT2D eigenvalue weighted by Gasteiger charge is -2.43. The molecule has 38 heavy (non-hydrogen) atoms. The van der Waals surface area contributed by atoms with Crippen molar-refractivity contribution in [3.05, 3.63) is 105 Å². The van der Waals surface area contributed by atoms with Crippen molar-refractivity contribution in [2.24, 2.45) is 0 Å². The lowest BCUT2D eigenvalue weighted by atomic mass is 9.85. The number of piperidine rings is 1. The summed E-state index contributed by atoms with van der Waals surface area (Å²) in [5.41, 5.74) is 2.35. The Bertz CT molecular complexity index is 1210. The highest BCUT2D eigenvalue weighted by Crippen LogP contribution is 2.39. The second-order valence-corrected chi connectivity index (χ2v) is 10.3. The third-order valence-corrected chi connectivity index (χ3v) is 8.03. The van der Waals surface area contributed by atoms with Crippen LogP contribution < -0.4 is 4.74 Å². The highest BCUT2D eigenvalue weighted by atomic mass is 19.1. The SMILES string of the molecule is CC1Oc2ccc([N+](=O)[O-])cc2COC12CCN(CCCC(c1ccc(F)cc1)c1ccc(F)cc1)CC2. The average Bonchev–Trinajstić information content (AvgIpc) is 3.05. The van der Waals surface area contributed by atoms with Crippen LogP contribution in [0.25, 0.3) is 0 Å². The van der Waals surface area contributed by atoms with Gasteiger partial charge in [-0.05, 0) is 80.6 Å². The lowest BCUT2D eigenvalue weighted by molar-refractivity contribution is -0.385. The van der Waals surface area contributed by atoms with Gasteiger partial charge in [0, 0.05) is 36.7 Å². The van der Waals surface area contributed by atoms with Gasteiger partial charge in [-0.2, -0.15) is 0 Å². The number of nitro benzene ring substituents is 1. The van der Waals surface area contributed by atoms with Crippen LogP contribution >= 0.6 is 0 Å². The number of hydrogen-bond acceptors (Lipinski definition) is 5. The molecule has 3 aromatic rings. The molecule has 6 nitrogen and oxygen atoms in total. The first-order valence-corrected chi connectivity index (χ1v) is 13.1. The Morgan fingerprint density at radius 1 is 1.00 bits per heavy atom. The Kier molecular flexibility index (Phi) is 7.72. The molecule has 0 radical (unpaired) electrons. The fraction of sp³-hybridized carbons (Fsp3) is 0.400. The van der Waals surface area contributed by atoms with Crippen molar-refractivity contribution in [2.45, 2.75) is 56.8 Å². The van der Waals surface area contributed by atoms with E-state index in [0.717, 1.165) is 56.4 Å². The maximum Gasteiger partial charge on any atom is 0.270 e. The molecule has 0 saturated carbocycles. The molecule has 1 unspecified atom stereocenters. The van der Waals surface area contributed by atoms with Crippen LogP contribution in [0.4, 0.5) is 14.5 Å². The molecule has 0 aromatic heterocycles. The molecular formula is C30H32F2N2O4. The zero-order valence-corrected chi connectivity index (χ0v) is 21.4. The van der Waals surface area contributed by atoms with Crippen LogP contribution in [-0.4, -0.2) is 41.2 Å². The molecule has 0 bridgehead atoms. The number of hydrogen-bond donors (Lipinski definition) is 0. The number of halogens is 2. The lowest BCUT2D eigenvalue weighted by Crippen LogP contribution is -2.53. The summed E-state index contributed by atoms with van der Waals surface area (Å²) < 4.78 is 39.7. The van der Waals surface area contributed by atoms with E-state index in [1.54, 1.807) is 6.07 Å². The van der Waals surface area contributed by atoms with Gasteiger partial charge >= 0.3 is 0 Å². The van der Waals surface area contributed by atoms with Crippen LogP contribution in [0, 0.1) is 21.7 Å². The quantitative estimate of drug-likeness (QED) is 0.258. The summed E-state index contributed by atoms with van der Waals surface area (Å²) in [7, 11) is 0. The topological polar surface area (TPSA) is 64.8 Å². The summed E-state index contributed by atoms with van der Waals surface area (Å²) in [6.45, 7) is 4.95. The van der Waals surface area contributed by atoms with Gasteiger partial charge in [-0.15, -0.1) is 0 Å². The van der Waals surface area contributed by atoms with Gasteiger partial charge in [0.25, 0.3) is 5.69 Å². The normalized spacial score (nSPS) is 19.1. The number of ether oxygens (including phenoxy) is 2. The van der Waals surface area contributed by atoms with Crippen LogP contribution in [0.15, 0.2) is 66.7 Å². The Labute approximate surface area is 221 Å². The van der Waals surface area contributed by atoms with Crippen molar-refractivity contribution >= 4 is 5.69 Å². The van der Waals surface area contributed by atoms with Crippen molar-refractivity contribution in [2.75, 3.05) is 19.6 Å². The number of likely N-dealkylation sites (tertiary alicyclic amines) is 1. The largest absolute Gasteiger partial charge is 0.487 e. The number of nitrogens with zero attached hydrogens (tertiary/aromatic N) is 2. The van der Waals surface area contributed by atoms with Crippen LogP contribution in [0.5, 0.6) is 5.75 Å². The Morgan fingerprint density at radius 2 is 1.61 bits per heavy atom. The minimum Gasteiger partial charge on any atom is -0.487 e. The minimum absolute atomic E-state index is 0.0361. The summed E-state index contributed by atoms with van der Waals surface area (Å²) in [4.78, 5) is 13.2. The van der Waals surface area contributed by atoms with E-state index in [1.165, 1.54) is 36.4 Å². The molecule has 1 spiro atoms. The molecule has 2 heterocycles. The van der Waals surface area contributed by atoms with E-state index in [0.29, 0.717) is 17.9 Å². The molecule has 0 N–H and O–H groups in total. The molecule has 2 aliphatic rings. The Balaban J connectivity index is 1.19. The molecule has 1 saturated heterocycles. The predicted octanol–water partition coefficient (Wildman–Crippen LogP) is 6.62.